The minimum atomic E-state index is 0.958. The molecule has 2 N–H and O–H groups in total. The Morgan fingerprint density at radius 1 is 1.67 bits per heavy atom. The molecular weight excluding hydrogens is 130 g/mol. The molecule has 50 valence electrons. The molecule has 0 atom stereocenters. The van der Waals surface area contributed by atoms with Crippen LogP contribution in [0.15, 0.2) is 5.38 Å². The van der Waals surface area contributed by atoms with E-state index in [1.165, 1.54) is 10.4 Å². The second kappa shape index (κ2) is 2.40. The molecule has 0 aliphatic carbocycles. The van der Waals surface area contributed by atoms with E-state index in [4.69, 9.17) is 5.73 Å². The molecule has 0 radical (unpaired) electrons. The Bertz CT molecular complexity index is 183. The molecule has 0 aliphatic rings. The zero-order chi connectivity index (χ0) is 6.85. The van der Waals surface area contributed by atoms with Crippen molar-refractivity contribution in [2.45, 2.75) is 20.3 Å². The number of anilines is 1. The maximum absolute atomic E-state index is 5.66. The Morgan fingerprint density at radius 3 is 2.56 bits per heavy atom. The van der Waals surface area contributed by atoms with Gasteiger partial charge >= 0.3 is 0 Å². The monoisotopic (exact) mass is 141 g/mol. The lowest BCUT2D eigenvalue weighted by Gasteiger charge is -1.93. The number of hydrogen-bond donors (Lipinski definition) is 1. The van der Waals surface area contributed by atoms with Gasteiger partial charge in [-0.1, -0.05) is 6.92 Å². The van der Waals surface area contributed by atoms with Gasteiger partial charge in [-0.3, -0.25) is 0 Å². The molecule has 1 rings (SSSR count). The number of rotatable bonds is 1. The summed E-state index contributed by atoms with van der Waals surface area (Å²) in [4.78, 5) is 1.36. The highest BCUT2D eigenvalue weighted by molar-refractivity contribution is 7.10. The average Bonchev–Trinajstić information content (AvgIpc) is 2.12. The number of hydrogen-bond acceptors (Lipinski definition) is 2. The van der Waals surface area contributed by atoms with Crippen molar-refractivity contribution in [3.63, 3.8) is 0 Å². The van der Waals surface area contributed by atoms with Crippen LogP contribution in [0.1, 0.15) is 17.4 Å². The molecule has 0 unspecified atom stereocenters. The predicted octanol–water partition coefficient (Wildman–Crippen LogP) is 2.20. The van der Waals surface area contributed by atoms with Gasteiger partial charge in [0.25, 0.3) is 0 Å². The van der Waals surface area contributed by atoms with Crippen molar-refractivity contribution in [1.29, 1.82) is 0 Å². The van der Waals surface area contributed by atoms with E-state index < -0.39 is 0 Å². The number of nitrogen functional groups attached to an aromatic ring is 1. The van der Waals surface area contributed by atoms with Crippen LogP contribution in [-0.2, 0) is 6.42 Å². The zero-order valence-electron chi connectivity index (χ0n) is 5.77. The van der Waals surface area contributed by atoms with Crippen molar-refractivity contribution in [2.24, 2.45) is 0 Å². The number of nitrogens with two attached hydrogens (primary N) is 1. The standard InChI is InChI=1S/C7H11NS/c1-3-6-5(2)9-4-7(6)8/h4H,3,8H2,1-2H3. The molecule has 0 aromatic carbocycles. The molecule has 1 nitrogen and oxygen atoms in total. The fourth-order valence-corrected chi connectivity index (χ4v) is 1.80. The first-order valence-corrected chi connectivity index (χ1v) is 3.96. The topological polar surface area (TPSA) is 26.0 Å². The van der Waals surface area contributed by atoms with Gasteiger partial charge in [0.05, 0.1) is 0 Å². The second-order valence-electron chi connectivity index (χ2n) is 2.08. The van der Waals surface area contributed by atoms with E-state index >= 15 is 0 Å². The summed E-state index contributed by atoms with van der Waals surface area (Å²) >= 11 is 1.73. The van der Waals surface area contributed by atoms with Gasteiger partial charge in [-0.15, -0.1) is 11.3 Å². The fourth-order valence-electron chi connectivity index (χ4n) is 0.950. The third-order valence-corrected chi connectivity index (χ3v) is 2.46. The van der Waals surface area contributed by atoms with E-state index in [1.54, 1.807) is 11.3 Å². The molecule has 0 fully saturated rings. The molecule has 0 aliphatic heterocycles. The quantitative estimate of drug-likeness (QED) is 0.637. The molecule has 9 heavy (non-hydrogen) atoms. The van der Waals surface area contributed by atoms with Crippen LogP contribution in [0.2, 0.25) is 0 Å². The predicted molar refractivity (Wildman–Crippen MR) is 42.8 cm³/mol. The Kier molecular flexibility index (Phi) is 1.76. The molecular formula is C7H11NS. The number of thiophene rings is 1. The van der Waals surface area contributed by atoms with E-state index in [0.29, 0.717) is 0 Å². The van der Waals surface area contributed by atoms with Crippen molar-refractivity contribution in [3.05, 3.63) is 15.8 Å². The SMILES string of the molecule is CCc1c(N)csc1C. The van der Waals surface area contributed by atoms with Gasteiger partial charge in [-0.25, -0.2) is 0 Å². The maximum Gasteiger partial charge on any atom is 0.0457 e. The van der Waals surface area contributed by atoms with Crippen LogP contribution in [0.4, 0.5) is 5.69 Å². The third-order valence-electron chi connectivity index (χ3n) is 1.49. The molecule has 0 amide bonds. The average molecular weight is 141 g/mol. The molecule has 1 aromatic heterocycles. The first-order chi connectivity index (χ1) is 4.25. The molecule has 0 saturated heterocycles. The third kappa shape index (κ3) is 1.08. The minimum Gasteiger partial charge on any atom is -0.398 e. The van der Waals surface area contributed by atoms with Gasteiger partial charge in [0.2, 0.25) is 0 Å². The van der Waals surface area contributed by atoms with E-state index in [9.17, 15) is 0 Å². The van der Waals surface area contributed by atoms with Crippen LogP contribution in [0, 0.1) is 6.92 Å². The second-order valence-corrected chi connectivity index (χ2v) is 3.16. The smallest absolute Gasteiger partial charge is 0.0457 e. The van der Waals surface area contributed by atoms with Crippen LogP contribution in [0.3, 0.4) is 0 Å². The lowest BCUT2D eigenvalue weighted by Crippen LogP contribution is -1.87. The van der Waals surface area contributed by atoms with Gasteiger partial charge in [-0.05, 0) is 18.9 Å². The zero-order valence-corrected chi connectivity index (χ0v) is 6.59. The Morgan fingerprint density at radius 2 is 2.33 bits per heavy atom. The van der Waals surface area contributed by atoms with Crippen molar-refractivity contribution in [1.82, 2.24) is 0 Å². The van der Waals surface area contributed by atoms with Crippen molar-refractivity contribution < 1.29 is 0 Å². The van der Waals surface area contributed by atoms with Crippen LogP contribution in [0.5, 0.6) is 0 Å². The summed E-state index contributed by atoms with van der Waals surface area (Å²) in [5.41, 5.74) is 7.94. The Labute approximate surface area is 59.5 Å². The first-order valence-electron chi connectivity index (χ1n) is 3.08. The van der Waals surface area contributed by atoms with Gasteiger partial charge < -0.3 is 5.73 Å². The van der Waals surface area contributed by atoms with E-state index in [0.717, 1.165) is 12.1 Å². The van der Waals surface area contributed by atoms with Gasteiger partial charge in [0.15, 0.2) is 0 Å². The van der Waals surface area contributed by atoms with E-state index in [2.05, 4.69) is 13.8 Å². The van der Waals surface area contributed by atoms with Crippen LogP contribution in [0.25, 0.3) is 0 Å². The Hall–Kier alpha value is -0.500. The van der Waals surface area contributed by atoms with Crippen LogP contribution >= 0.6 is 11.3 Å². The summed E-state index contributed by atoms with van der Waals surface area (Å²) < 4.78 is 0. The highest BCUT2D eigenvalue weighted by Gasteiger charge is 2.00. The summed E-state index contributed by atoms with van der Waals surface area (Å²) in [6.07, 6.45) is 1.06. The Balaban J connectivity index is 3.07. The van der Waals surface area contributed by atoms with Crippen LogP contribution < -0.4 is 5.73 Å². The lowest BCUT2D eigenvalue weighted by molar-refractivity contribution is 1.14. The highest BCUT2D eigenvalue weighted by atomic mass is 32.1. The summed E-state index contributed by atoms with van der Waals surface area (Å²) in [6, 6.07) is 0. The van der Waals surface area contributed by atoms with E-state index in [1.807, 2.05) is 5.38 Å². The molecule has 0 spiro atoms. The summed E-state index contributed by atoms with van der Waals surface area (Å²) in [6.45, 7) is 4.24. The van der Waals surface area contributed by atoms with Crippen molar-refractivity contribution in [2.75, 3.05) is 5.73 Å². The van der Waals surface area contributed by atoms with Crippen molar-refractivity contribution >= 4 is 17.0 Å². The minimum absolute atomic E-state index is 0.958. The van der Waals surface area contributed by atoms with Gasteiger partial charge in [-0.2, -0.15) is 0 Å². The largest absolute Gasteiger partial charge is 0.398 e. The summed E-state index contributed by atoms with van der Waals surface area (Å²) in [5.74, 6) is 0. The summed E-state index contributed by atoms with van der Waals surface area (Å²) in [7, 11) is 0. The van der Waals surface area contributed by atoms with Gasteiger partial charge in [0, 0.05) is 15.9 Å². The molecule has 0 saturated carbocycles. The fraction of sp³-hybridized carbons (Fsp3) is 0.429. The maximum atomic E-state index is 5.66. The van der Waals surface area contributed by atoms with E-state index in [-0.39, 0.29) is 0 Å². The van der Waals surface area contributed by atoms with Gasteiger partial charge in [0.1, 0.15) is 0 Å². The highest BCUT2D eigenvalue weighted by Crippen LogP contribution is 2.23. The lowest BCUT2D eigenvalue weighted by atomic mass is 10.2. The molecule has 0 bridgehead atoms. The number of aryl methyl sites for hydroxylation is 1. The molecule has 1 aromatic rings. The normalized spacial score (nSPS) is 10.0. The summed E-state index contributed by atoms with van der Waals surface area (Å²) in [5, 5.41) is 2.01. The first kappa shape index (κ1) is 6.62. The molecule has 2 heteroatoms. The van der Waals surface area contributed by atoms with Crippen molar-refractivity contribution in [3.8, 4) is 0 Å². The molecule has 1 heterocycles. The van der Waals surface area contributed by atoms with Crippen LogP contribution in [-0.4, -0.2) is 0 Å².